The van der Waals surface area contributed by atoms with Crippen LogP contribution in [0.2, 0.25) is 15.1 Å². The first-order valence-corrected chi connectivity index (χ1v) is 9.83. The molecule has 3 aromatic carbocycles. The van der Waals surface area contributed by atoms with Crippen LogP contribution in [-0.4, -0.2) is 7.11 Å². The summed E-state index contributed by atoms with van der Waals surface area (Å²) in [5, 5.41) is 4.88. The predicted molar refractivity (Wildman–Crippen MR) is 117 cm³/mol. The van der Waals surface area contributed by atoms with E-state index in [9.17, 15) is 0 Å². The molecule has 0 unspecified atom stereocenters. The summed E-state index contributed by atoms with van der Waals surface area (Å²) in [4.78, 5) is 0. The molecule has 0 amide bonds. The average Bonchev–Trinajstić information content (AvgIpc) is 2.68. The van der Waals surface area contributed by atoms with E-state index in [1.807, 2.05) is 24.3 Å². The second kappa shape index (κ2) is 9.42. The topological polar surface area (TPSA) is 30.5 Å². The molecular weight excluding hydrogens is 417 g/mol. The molecule has 0 aromatic heterocycles. The second-order valence-corrected chi connectivity index (χ2v) is 7.58. The van der Waals surface area contributed by atoms with Gasteiger partial charge in [0.1, 0.15) is 6.61 Å². The Balaban J connectivity index is 1.72. The molecular formula is C22H20Cl3NO2. The lowest BCUT2D eigenvalue weighted by Gasteiger charge is -2.15. The lowest BCUT2D eigenvalue weighted by Crippen LogP contribution is -2.03. The van der Waals surface area contributed by atoms with Gasteiger partial charge < -0.3 is 14.8 Å². The standard InChI is InChI=1S/C22H20Cl3NO2/c1-14-4-3-5-15(8-14)13-28-22-11-19(24)16(9-21(22)27-2)12-26-17-6-7-18(23)20(25)10-17/h3-11,26H,12-13H2,1-2H3. The fourth-order valence-corrected chi connectivity index (χ4v) is 3.27. The summed E-state index contributed by atoms with van der Waals surface area (Å²) in [6, 6.07) is 17.2. The van der Waals surface area contributed by atoms with Gasteiger partial charge in [0.15, 0.2) is 11.5 Å². The Morgan fingerprint density at radius 3 is 2.39 bits per heavy atom. The maximum atomic E-state index is 6.47. The van der Waals surface area contributed by atoms with Gasteiger partial charge in [-0.25, -0.2) is 0 Å². The number of aryl methyl sites for hydroxylation is 1. The molecule has 1 N–H and O–H groups in total. The molecule has 0 aliphatic carbocycles. The molecule has 146 valence electrons. The Labute approximate surface area is 180 Å². The van der Waals surface area contributed by atoms with Crippen molar-refractivity contribution >= 4 is 40.5 Å². The van der Waals surface area contributed by atoms with Crippen LogP contribution in [0.3, 0.4) is 0 Å². The molecule has 0 saturated heterocycles. The highest BCUT2D eigenvalue weighted by molar-refractivity contribution is 6.42. The van der Waals surface area contributed by atoms with Gasteiger partial charge in [-0.2, -0.15) is 0 Å². The minimum atomic E-state index is 0.440. The van der Waals surface area contributed by atoms with Gasteiger partial charge in [-0.05, 0) is 42.3 Å². The normalized spacial score (nSPS) is 10.6. The van der Waals surface area contributed by atoms with Gasteiger partial charge in [-0.1, -0.05) is 64.6 Å². The van der Waals surface area contributed by atoms with Gasteiger partial charge in [0.05, 0.1) is 17.2 Å². The van der Waals surface area contributed by atoms with Crippen molar-refractivity contribution in [2.75, 3.05) is 12.4 Å². The summed E-state index contributed by atoms with van der Waals surface area (Å²) in [6.45, 7) is 3.00. The van der Waals surface area contributed by atoms with Crippen LogP contribution < -0.4 is 14.8 Å². The van der Waals surface area contributed by atoms with Crippen LogP contribution in [0.1, 0.15) is 16.7 Å². The van der Waals surface area contributed by atoms with Crippen LogP contribution in [0.4, 0.5) is 5.69 Å². The zero-order chi connectivity index (χ0) is 20.1. The van der Waals surface area contributed by atoms with E-state index in [1.54, 1.807) is 25.3 Å². The van der Waals surface area contributed by atoms with Crippen molar-refractivity contribution in [1.29, 1.82) is 0 Å². The third kappa shape index (κ3) is 5.26. The minimum absolute atomic E-state index is 0.440. The van der Waals surface area contributed by atoms with Crippen LogP contribution in [0, 0.1) is 6.92 Å². The fourth-order valence-electron chi connectivity index (χ4n) is 2.75. The van der Waals surface area contributed by atoms with Gasteiger partial charge in [0.2, 0.25) is 0 Å². The van der Waals surface area contributed by atoms with Crippen molar-refractivity contribution in [2.45, 2.75) is 20.1 Å². The number of nitrogens with one attached hydrogen (secondary N) is 1. The van der Waals surface area contributed by atoms with E-state index in [0.29, 0.717) is 39.7 Å². The van der Waals surface area contributed by atoms with Crippen LogP contribution in [0.15, 0.2) is 54.6 Å². The molecule has 0 aliphatic rings. The summed E-state index contributed by atoms with van der Waals surface area (Å²) >= 11 is 18.5. The molecule has 0 fully saturated rings. The number of hydrogen-bond donors (Lipinski definition) is 1. The lowest BCUT2D eigenvalue weighted by atomic mass is 10.1. The molecule has 0 aliphatic heterocycles. The first kappa shape index (κ1) is 20.7. The largest absolute Gasteiger partial charge is 0.493 e. The summed E-state index contributed by atoms with van der Waals surface area (Å²) < 4.78 is 11.4. The zero-order valence-electron chi connectivity index (χ0n) is 15.6. The molecule has 0 radical (unpaired) electrons. The maximum absolute atomic E-state index is 6.47. The SMILES string of the molecule is COc1cc(CNc2ccc(Cl)c(Cl)c2)c(Cl)cc1OCc1cccc(C)c1. The number of anilines is 1. The van der Waals surface area contributed by atoms with E-state index in [1.165, 1.54) is 5.56 Å². The predicted octanol–water partition coefficient (Wildman–Crippen LogP) is 7.15. The summed E-state index contributed by atoms with van der Waals surface area (Å²) in [5.41, 5.74) is 4.01. The van der Waals surface area contributed by atoms with Crippen molar-refractivity contribution in [3.63, 3.8) is 0 Å². The van der Waals surface area contributed by atoms with Gasteiger partial charge in [-0.3, -0.25) is 0 Å². The quantitative estimate of drug-likeness (QED) is 0.426. The first-order chi connectivity index (χ1) is 13.5. The monoisotopic (exact) mass is 435 g/mol. The Kier molecular flexibility index (Phi) is 6.95. The number of methoxy groups -OCH3 is 1. The number of benzene rings is 3. The van der Waals surface area contributed by atoms with Crippen molar-refractivity contribution < 1.29 is 9.47 Å². The number of halogens is 3. The van der Waals surface area contributed by atoms with E-state index < -0.39 is 0 Å². The Morgan fingerprint density at radius 2 is 1.68 bits per heavy atom. The first-order valence-electron chi connectivity index (χ1n) is 8.70. The van der Waals surface area contributed by atoms with E-state index in [0.717, 1.165) is 16.8 Å². The van der Waals surface area contributed by atoms with E-state index in [4.69, 9.17) is 44.3 Å². The van der Waals surface area contributed by atoms with Crippen molar-refractivity contribution in [1.82, 2.24) is 0 Å². The third-order valence-corrected chi connectivity index (χ3v) is 5.30. The Morgan fingerprint density at radius 1 is 0.857 bits per heavy atom. The van der Waals surface area contributed by atoms with Crippen LogP contribution in [0.5, 0.6) is 11.5 Å². The Bertz CT molecular complexity index is 976. The molecule has 0 atom stereocenters. The lowest BCUT2D eigenvalue weighted by molar-refractivity contribution is 0.284. The van der Waals surface area contributed by atoms with E-state index >= 15 is 0 Å². The van der Waals surface area contributed by atoms with E-state index in [2.05, 4.69) is 24.4 Å². The molecule has 3 nitrogen and oxygen atoms in total. The number of ether oxygens (including phenoxy) is 2. The summed E-state index contributed by atoms with van der Waals surface area (Å²) in [7, 11) is 1.61. The molecule has 6 heteroatoms. The molecule has 0 spiro atoms. The molecule has 3 aromatic rings. The molecule has 0 bridgehead atoms. The maximum Gasteiger partial charge on any atom is 0.163 e. The van der Waals surface area contributed by atoms with Crippen LogP contribution >= 0.6 is 34.8 Å². The molecule has 0 saturated carbocycles. The Hall–Kier alpha value is -2.07. The highest BCUT2D eigenvalue weighted by Gasteiger charge is 2.11. The summed E-state index contributed by atoms with van der Waals surface area (Å²) in [6.07, 6.45) is 0. The van der Waals surface area contributed by atoms with Gasteiger partial charge in [0, 0.05) is 23.3 Å². The van der Waals surface area contributed by atoms with Crippen LogP contribution in [0.25, 0.3) is 0 Å². The van der Waals surface area contributed by atoms with Gasteiger partial charge >= 0.3 is 0 Å². The van der Waals surface area contributed by atoms with Gasteiger partial charge in [-0.15, -0.1) is 0 Å². The third-order valence-electron chi connectivity index (χ3n) is 4.21. The van der Waals surface area contributed by atoms with Crippen molar-refractivity contribution in [3.05, 3.63) is 86.4 Å². The summed E-state index contributed by atoms with van der Waals surface area (Å²) in [5.74, 6) is 1.23. The minimum Gasteiger partial charge on any atom is -0.493 e. The fraction of sp³-hybridized carbons (Fsp3) is 0.182. The highest BCUT2D eigenvalue weighted by atomic mass is 35.5. The molecule has 3 rings (SSSR count). The number of hydrogen-bond acceptors (Lipinski definition) is 3. The molecule has 0 heterocycles. The van der Waals surface area contributed by atoms with Crippen LogP contribution in [-0.2, 0) is 13.2 Å². The van der Waals surface area contributed by atoms with Gasteiger partial charge in [0.25, 0.3) is 0 Å². The zero-order valence-corrected chi connectivity index (χ0v) is 17.8. The van der Waals surface area contributed by atoms with Crippen molar-refractivity contribution in [2.24, 2.45) is 0 Å². The second-order valence-electron chi connectivity index (χ2n) is 6.35. The number of rotatable bonds is 7. The van der Waals surface area contributed by atoms with Crippen molar-refractivity contribution in [3.8, 4) is 11.5 Å². The highest BCUT2D eigenvalue weighted by Crippen LogP contribution is 2.34. The molecule has 28 heavy (non-hydrogen) atoms. The average molecular weight is 437 g/mol. The van der Waals surface area contributed by atoms with E-state index in [-0.39, 0.29) is 0 Å². The smallest absolute Gasteiger partial charge is 0.163 e.